The Hall–Kier alpha value is -1.63. The Kier molecular flexibility index (Phi) is 4.57. The number of aromatic nitrogens is 1. The van der Waals surface area contributed by atoms with E-state index in [1.807, 2.05) is 25.1 Å². The van der Waals surface area contributed by atoms with Gasteiger partial charge in [0.15, 0.2) is 5.13 Å². The molecule has 1 amide bonds. The molecular weight excluding hydrogens is 400 g/mol. The standard InChI is InChI=1S/C16H12BrClN2O2S/c1-8-6-9(17)7-10(14(8)22-2)15(21)20-16-19-13-11(18)4-3-5-12(13)23-16/h3-7H,1-2H3,(H,19,20,21). The summed E-state index contributed by atoms with van der Waals surface area (Å²) < 4.78 is 7.08. The van der Waals surface area contributed by atoms with E-state index in [1.165, 1.54) is 11.3 Å². The molecule has 23 heavy (non-hydrogen) atoms. The van der Waals surface area contributed by atoms with Gasteiger partial charge in [0.05, 0.1) is 22.4 Å². The van der Waals surface area contributed by atoms with Gasteiger partial charge in [-0.2, -0.15) is 0 Å². The van der Waals surface area contributed by atoms with E-state index in [4.69, 9.17) is 16.3 Å². The first-order chi connectivity index (χ1) is 11.0. The summed E-state index contributed by atoms with van der Waals surface area (Å²) in [5, 5.41) is 3.88. The number of carbonyl (C=O) groups is 1. The summed E-state index contributed by atoms with van der Waals surface area (Å²) in [5.41, 5.74) is 2.01. The van der Waals surface area contributed by atoms with Crippen LogP contribution in [0.2, 0.25) is 5.02 Å². The van der Waals surface area contributed by atoms with Crippen LogP contribution in [0, 0.1) is 6.92 Å². The molecule has 0 fully saturated rings. The SMILES string of the molecule is COc1c(C)cc(Br)cc1C(=O)Nc1nc2c(Cl)cccc2s1. The molecule has 1 aromatic heterocycles. The molecule has 0 unspecified atom stereocenters. The summed E-state index contributed by atoms with van der Waals surface area (Å²) in [6.07, 6.45) is 0. The molecule has 0 radical (unpaired) electrons. The number of anilines is 1. The van der Waals surface area contributed by atoms with Gasteiger partial charge in [-0.15, -0.1) is 0 Å². The number of halogens is 2. The molecule has 0 saturated heterocycles. The van der Waals surface area contributed by atoms with Crippen molar-refractivity contribution < 1.29 is 9.53 Å². The quantitative estimate of drug-likeness (QED) is 0.638. The van der Waals surface area contributed by atoms with Crippen LogP contribution in [-0.2, 0) is 0 Å². The van der Waals surface area contributed by atoms with Crippen molar-refractivity contribution in [1.82, 2.24) is 4.98 Å². The normalized spacial score (nSPS) is 10.8. The van der Waals surface area contributed by atoms with E-state index < -0.39 is 0 Å². The minimum absolute atomic E-state index is 0.276. The van der Waals surface area contributed by atoms with Crippen molar-refractivity contribution in [2.75, 3.05) is 12.4 Å². The summed E-state index contributed by atoms with van der Waals surface area (Å²) in [7, 11) is 1.55. The summed E-state index contributed by atoms with van der Waals surface area (Å²) >= 11 is 10.9. The topological polar surface area (TPSA) is 51.2 Å². The number of ether oxygens (including phenoxy) is 1. The minimum Gasteiger partial charge on any atom is -0.496 e. The van der Waals surface area contributed by atoms with Crippen molar-refractivity contribution in [2.45, 2.75) is 6.92 Å². The third-order valence-electron chi connectivity index (χ3n) is 3.28. The van der Waals surface area contributed by atoms with Crippen molar-refractivity contribution in [3.63, 3.8) is 0 Å². The van der Waals surface area contributed by atoms with Gasteiger partial charge in [-0.25, -0.2) is 4.98 Å². The van der Waals surface area contributed by atoms with Crippen molar-refractivity contribution in [1.29, 1.82) is 0 Å². The molecule has 0 spiro atoms. The van der Waals surface area contributed by atoms with Crippen LogP contribution in [0.5, 0.6) is 5.75 Å². The first-order valence-electron chi connectivity index (χ1n) is 6.70. The smallest absolute Gasteiger partial charge is 0.261 e. The van der Waals surface area contributed by atoms with Gasteiger partial charge in [-0.1, -0.05) is 44.9 Å². The molecule has 3 rings (SSSR count). The van der Waals surface area contributed by atoms with Gasteiger partial charge < -0.3 is 4.74 Å². The molecule has 118 valence electrons. The number of nitrogens with zero attached hydrogens (tertiary/aromatic N) is 1. The van der Waals surface area contributed by atoms with E-state index in [0.717, 1.165) is 14.7 Å². The fourth-order valence-electron chi connectivity index (χ4n) is 2.30. The van der Waals surface area contributed by atoms with Crippen molar-refractivity contribution in [3.8, 4) is 5.75 Å². The highest BCUT2D eigenvalue weighted by Gasteiger charge is 2.17. The second kappa shape index (κ2) is 6.47. The van der Waals surface area contributed by atoms with E-state index in [2.05, 4.69) is 26.2 Å². The average molecular weight is 412 g/mol. The highest BCUT2D eigenvalue weighted by atomic mass is 79.9. The van der Waals surface area contributed by atoms with Gasteiger partial charge in [-0.05, 0) is 36.8 Å². The van der Waals surface area contributed by atoms with Crippen LogP contribution in [0.25, 0.3) is 10.2 Å². The zero-order chi connectivity index (χ0) is 16.6. The Morgan fingerprint density at radius 3 is 2.87 bits per heavy atom. The predicted molar refractivity (Wildman–Crippen MR) is 98.0 cm³/mol. The summed E-state index contributed by atoms with van der Waals surface area (Å²) in [4.78, 5) is 17.0. The summed E-state index contributed by atoms with van der Waals surface area (Å²) in [5.74, 6) is 0.270. The van der Waals surface area contributed by atoms with Crippen molar-refractivity contribution in [3.05, 3.63) is 51.0 Å². The second-order valence-corrected chi connectivity index (χ2v) is 7.22. The Morgan fingerprint density at radius 1 is 1.39 bits per heavy atom. The lowest BCUT2D eigenvalue weighted by molar-refractivity contribution is 0.102. The fraction of sp³-hybridized carbons (Fsp3) is 0.125. The number of benzene rings is 2. The number of methoxy groups -OCH3 is 1. The maximum atomic E-state index is 12.6. The average Bonchev–Trinajstić information content (AvgIpc) is 2.90. The lowest BCUT2D eigenvalue weighted by Crippen LogP contribution is -2.13. The first kappa shape index (κ1) is 16.2. The van der Waals surface area contributed by atoms with Crippen LogP contribution >= 0.6 is 38.9 Å². The third-order valence-corrected chi connectivity index (χ3v) is 4.98. The summed E-state index contributed by atoms with van der Waals surface area (Å²) in [6.45, 7) is 1.89. The molecule has 7 heteroatoms. The van der Waals surface area contributed by atoms with Crippen molar-refractivity contribution in [2.24, 2.45) is 0 Å². The molecule has 0 bridgehead atoms. The minimum atomic E-state index is -0.276. The van der Waals surface area contributed by atoms with E-state index in [-0.39, 0.29) is 5.91 Å². The molecule has 0 atom stereocenters. The number of fused-ring (bicyclic) bond motifs is 1. The second-order valence-electron chi connectivity index (χ2n) is 4.86. The van der Waals surface area contributed by atoms with Gasteiger partial charge in [0.1, 0.15) is 11.3 Å². The largest absolute Gasteiger partial charge is 0.496 e. The van der Waals surface area contributed by atoms with E-state index in [0.29, 0.717) is 27.0 Å². The Labute approximate surface area is 150 Å². The number of nitrogens with one attached hydrogen (secondary N) is 1. The zero-order valence-electron chi connectivity index (χ0n) is 12.3. The maximum Gasteiger partial charge on any atom is 0.261 e. The molecule has 0 aliphatic rings. The Balaban J connectivity index is 1.96. The van der Waals surface area contributed by atoms with Gasteiger partial charge in [-0.3, -0.25) is 10.1 Å². The van der Waals surface area contributed by atoms with E-state index in [1.54, 1.807) is 19.2 Å². The van der Waals surface area contributed by atoms with Crippen LogP contribution in [0.4, 0.5) is 5.13 Å². The van der Waals surface area contributed by atoms with E-state index in [9.17, 15) is 4.79 Å². The van der Waals surface area contributed by atoms with Crippen LogP contribution in [-0.4, -0.2) is 18.0 Å². The number of rotatable bonds is 3. The number of para-hydroxylation sites is 1. The molecule has 2 aromatic carbocycles. The maximum absolute atomic E-state index is 12.6. The van der Waals surface area contributed by atoms with Crippen LogP contribution < -0.4 is 10.1 Å². The molecule has 1 heterocycles. The Bertz CT molecular complexity index is 910. The predicted octanol–water partition coefficient (Wildman–Crippen LogP) is 5.28. The van der Waals surface area contributed by atoms with Crippen molar-refractivity contribution >= 4 is 60.1 Å². The monoisotopic (exact) mass is 410 g/mol. The van der Waals surface area contributed by atoms with Gasteiger partial charge in [0.25, 0.3) is 5.91 Å². The number of aryl methyl sites for hydroxylation is 1. The molecule has 1 N–H and O–H groups in total. The van der Waals surface area contributed by atoms with E-state index >= 15 is 0 Å². The number of hydrogen-bond acceptors (Lipinski definition) is 4. The molecule has 4 nitrogen and oxygen atoms in total. The molecule has 3 aromatic rings. The molecule has 0 aliphatic carbocycles. The van der Waals surface area contributed by atoms with Crippen LogP contribution in [0.3, 0.4) is 0 Å². The number of carbonyl (C=O) groups excluding carboxylic acids is 1. The zero-order valence-corrected chi connectivity index (χ0v) is 15.5. The van der Waals surface area contributed by atoms with Crippen LogP contribution in [0.15, 0.2) is 34.8 Å². The first-order valence-corrected chi connectivity index (χ1v) is 8.69. The highest BCUT2D eigenvalue weighted by molar-refractivity contribution is 9.10. The highest BCUT2D eigenvalue weighted by Crippen LogP contribution is 2.32. The molecule has 0 saturated carbocycles. The number of hydrogen-bond donors (Lipinski definition) is 1. The fourth-order valence-corrected chi connectivity index (χ4v) is 4.04. The van der Waals surface area contributed by atoms with Gasteiger partial charge in [0, 0.05) is 4.47 Å². The molecule has 0 aliphatic heterocycles. The molecular formula is C16H12BrClN2O2S. The Morgan fingerprint density at radius 2 is 2.17 bits per heavy atom. The lowest BCUT2D eigenvalue weighted by Gasteiger charge is -2.11. The summed E-state index contributed by atoms with van der Waals surface area (Å²) in [6, 6.07) is 9.16. The van der Waals surface area contributed by atoms with Gasteiger partial charge in [0.2, 0.25) is 0 Å². The third kappa shape index (κ3) is 3.20. The lowest BCUT2D eigenvalue weighted by atomic mass is 10.1. The number of amides is 1. The van der Waals surface area contributed by atoms with Gasteiger partial charge >= 0.3 is 0 Å². The number of thiazole rings is 1. The van der Waals surface area contributed by atoms with Crippen LogP contribution in [0.1, 0.15) is 15.9 Å².